The Kier molecular flexibility index (Phi) is 6.70. The molecule has 0 saturated heterocycles. The molecule has 0 bridgehead atoms. The second kappa shape index (κ2) is 8.41. The maximum Gasteiger partial charge on any atom is 0.430 e. The van der Waals surface area contributed by atoms with Gasteiger partial charge in [0.05, 0.1) is 18.8 Å². The number of rotatable bonds is 6. The minimum Gasteiger partial charge on any atom is -0.475 e. The molecule has 1 aliphatic heterocycles. The molecule has 0 unspecified atom stereocenters. The monoisotopic (exact) mass is 438 g/mol. The summed E-state index contributed by atoms with van der Waals surface area (Å²) in [6, 6.07) is 3.21. The minimum absolute atomic E-state index is 0.00829. The van der Waals surface area contributed by atoms with Gasteiger partial charge in [0.15, 0.2) is 0 Å². The molecule has 1 aliphatic rings. The summed E-state index contributed by atoms with van der Waals surface area (Å²) in [5.41, 5.74) is 0.253. The molecular formula is C17H18BrF3O5. The third kappa shape index (κ3) is 4.77. The average molecular weight is 439 g/mol. The molecular weight excluding hydrogens is 421 g/mol. The van der Waals surface area contributed by atoms with Crippen LogP contribution in [0.3, 0.4) is 0 Å². The van der Waals surface area contributed by atoms with E-state index >= 15 is 0 Å². The molecule has 0 fully saturated rings. The van der Waals surface area contributed by atoms with Gasteiger partial charge in [-0.2, -0.15) is 13.2 Å². The molecule has 26 heavy (non-hydrogen) atoms. The van der Waals surface area contributed by atoms with E-state index in [1.54, 1.807) is 19.1 Å². The molecule has 1 aromatic rings. The van der Waals surface area contributed by atoms with Gasteiger partial charge in [-0.15, -0.1) is 0 Å². The van der Waals surface area contributed by atoms with Crippen molar-refractivity contribution in [1.29, 1.82) is 0 Å². The summed E-state index contributed by atoms with van der Waals surface area (Å²) in [7, 11) is 2.77. The van der Waals surface area contributed by atoms with Crippen molar-refractivity contribution in [1.82, 2.24) is 0 Å². The molecule has 0 amide bonds. The zero-order chi connectivity index (χ0) is 19.5. The van der Waals surface area contributed by atoms with Crippen LogP contribution in [0.2, 0.25) is 0 Å². The Morgan fingerprint density at radius 2 is 1.88 bits per heavy atom. The van der Waals surface area contributed by atoms with Crippen LogP contribution in [0.25, 0.3) is 6.08 Å². The molecule has 1 heterocycles. The van der Waals surface area contributed by atoms with Gasteiger partial charge in [0.25, 0.3) is 0 Å². The Labute approximate surface area is 157 Å². The number of esters is 1. The third-order valence-corrected chi connectivity index (χ3v) is 4.07. The molecule has 1 aromatic carbocycles. The van der Waals surface area contributed by atoms with Crippen LogP contribution in [0.15, 0.2) is 22.2 Å². The number of alkyl halides is 3. The molecule has 144 valence electrons. The van der Waals surface area contributed by atoms with E-state index in [1.165, 1.54) is 14.2 Å². The lowest BCUT2D eigenvalue weighted by Gasteiger charge is -2.29. The van der Waals surface area contributed by atoms with Gasteiger partial charge in [-0.05, 0) is 30.7 Å². The molecule has 0 N–H and O–H groups in total. The summed E-state index contributed by atoms with van der Waals surface area (Å²) < 4.78 is 61.1. The lowest BCUT2D eigenvalue weighted by molar-refractivity contribution is -0.189. The number of carbonyl (C=O) groups excluding carboxylic acids is 1. The normalized spacial score (nSPS) is 16.8. The molecule has 1 atom stereocenters. The number of halogens is 4. The largest absolute Gasteiger partial charge is 0.475 e. The van der Waals surface area contributed by atoms with Crippen molar-refractivity contribution in [3.05, 3.63) is 33.3 Å². The third-order valence-electron chi connectivity index (χ3n) is 3.61. The van der Waals surface area contributed by atoms with Gasteiger partial charge in [0.2, 0.25) is 6.10 Å². The highest BCUT2D eigenvalue weighted by Crippen LogP contribution is 2.40. The Balaban J connectivity index is 2.40. The molecule has 0 aromatic heterocycles. The van der Waals surface area contributed by atoms with Gasteiger partial charge in [0, 0.05) is 24.3 Å². The van der Waals surface area contributed by atoms with Crippen LogP contribution in [-0.4, -0.2) is 51.8 Å². The van der Waals surface area contributed by atoms with Crippen LogP contribution < -0.4 is 4.74 Å². The number of fused-ring (bicyclic) bond motifs is 1. The molecule has 0 radical (unpaired) electrons. The van der Waals surface area contributed by atoms with Crippen molar-refractivity contribution in [2.75, 3.05) is 27.4 Å². The zero-order valence-electron chi connectivity index (χ0n) is 14.4. The summed E-state index contributed by atoms with van der Waals surface area (Å²) in [5, 5.41) is 0. The van der Waals surface area contributed by atoms with Crippen molar-refractivity contribution < 1.29 is 36.9 Å². The fourth-order valence-electron chi connectivity index (χ4n) is 2.57. The van der Waals surface area contributed by atoms with Crippen molar-refractivity contribution in [2.24, 2.45) is 0 Å². The number of aryl methyl sites for hydroxylation is 1. The first-order valence-corrected chi connectivity index (χ1v) is 8.40. The number of hydrogen-bond acceptors (Lipinski definition) is 5. The van der Waals surface area contributed by atoms with Gasteiger partial charge in [0.1, 0.15) is 11.9 Å². The Morgan fingerprint density at radius 3 is 2.42 bits per heavy atom. The van der Waals surface area contributed by atoms with Crippen LogP contribution >= 0.6 is 15.9 Å². The summed E-state index contributed by atoms with van der Waals surface area (Å²) >= 11 is 3.28. The Hall–Kier alpha value is -1.58. The average Bonchev–Trinajstić information content (AvgIpc) is 2.53. The summed E-state index contributed by atoms with van der Waals surface area (Å²) in [6.45, 7) is 1.61. The van der Waals surface area contributed by atoms with Crippen molar-refractivity contribution >= 4 is 28.0 Å². The first kappa shape index (κ1) is 20.7. The van der Waals surface area contributed by atoms with Crippen LogP contribution in [0.5, 0.6) is 5.75 Å². The molecule has 0 aliphatic carbocycles. The van der Waals surface area contributed by atoms with Crippen LogP contribution in [0, 0.1) is 6.92 Å². The number of methoxy groups -OCH3 is 2. The van der Waals surface area contributed by atoms with Crippen molar-refractivity contribution in [2.45, 2.75) is 25.3 Å². The highest BCUT2D eigenvalue weighted by Gasteiger charge is 2.49. The summed E-state index contributed by atoms with van der Waals surface area (Å²) in [6.07, 6.45) is -6.88. The second-order valence-electron chi connectivity index (χ2n) is 5.72. The first-order valence-electron chi connectivity index (χ1n) is 7.61. The van der Waals surface area contributed by atoms with Gasteiger partial charge >= 0.3 is 12.1 Å². The quantitative estimate of drug-likeness (QED) is 0.634. The Morgan fingerprint density at radius 1 is 1.27 bits per heavy atom. The predicted octanol–water partition coefficient (Wildman–Crippen LogP) is 3.67. The van der Waals surface area contributed by atoms with E-state index in [4.69, 9.17) is 18.9 Å². The number of benzene rings is 1. The standard InChI is InChI=1S/C17H18BrF3O5/c1-9-4-11(18)5-10-6-13(15(17(19,20)21)26-14(9)10)16(22)25-12(7-23-2)8-24-3/h4-6,12,15H,7-8H2,1-3H3/t15-/m0/s1. The van der Waals surface area contributed by atoms with E-state index in [9.17, 15) is 18.0 Å². The maximum atomic E-state index is 13.5. The highest BCUT2D eigenvalue weighted by molar-refractivity contribution is 9.10. The van der Waals surface area contributed by atoms with Crippen molar-refractivity contribution in [3.63, 3.8) is 0 Å². The van der Waals surface area contributed by atoms with E-state index in [0.29, 0.717) is 15.6 Å². The molecule has 5 nitrogen and oxygen atoms in total. The van der Waals surface area contributed by atoms with Gasteiger partial charge in [-0.3, -0.25) is 0 Å². The van der Waals surface area contributed by atoms with Crippen LogP contribution in [0.1, 0.15) is 11.1 Å². The van der Waals surface area contributed by atoms with E-state index in [-0.39, 0.29) is 19.0 Å². The Bertz CT molecular complexity index is 696. The van der Waals surface area contributed by atoms with Crippen LogP contribution in [0.4, 0.5) is 13.2 Å². The van der Waals surface area contributed by atoms with Gasteiger partial charge < -0.3 is 18.9 Å². The summed E-state index contributed by atoms with van der Waals surface area (Å²) in [4.78, 5) is 12.4. The summed E-state index contributed by atoms with van der Waals surface area (Å²) in [5.74, 6) is -1.05. The number of ether oxygens (including phenoxy) is 4. The molecule has 0 saturated carbocycles. The van der Waals surface area contributed by atoms with Gasteiger partial charge in [-0.1, -0.05) is 15.9 Å². The van der Waals surface area contributed by atoms with Crippen LogP contribution in [-0.2, 0) is 19.0 Å². The first-order chi connectivity index (χ1) is 12.2. The highest BCUT2D eigenvalue weighted by atomic mass is 79.9. The SMILES string of the molecule is COCC(COC)OC(=O)C1=Cc2cc(Br)cc(C)c2O[C@@H]1C(F)(F)F. The zero-order valence-corrected chi connectivity index (χ0v) is 15.9. The fourth-order valence-corrected chi connectivity index (χ4v) is 3.16. The van der Waals surface area contributed by atoms with Gasteiger partial charge in [-0.25, -0.2) is 4.79 Å². The number of hydrogen-bond donors (Lipinski definition) is 0. The van der Waals surface area contributed by atoms with E-state index < -0.39 is 29.9 Å². The maximum absolute atomic E-state index is 13.5. The van der Waals surface area contributed by atoms with E-state index in [2.05, 4.69) is 15.9 Å². The number of carbonyl (C=O) groups is 1. The second-order valence-corrected chi connectivity index (χ2v) is 6.63. The smallest absolute Gasteiger partial charge is 0.430 e. The van der Waals surface area contributed by atoms with E-state index in [1.807, 2.05) is 0 Å². The fraction of sp³-hybridized carbons (Fsp3) is 0.471. The van der Waals surface area contributed by atoms with Crippen molar-refractivity contribution in [3.8, 4) is 5.75 Å². The van der Waals surface area contributed by atoms with E-state index in [0.717, 1.165) is 6.08 Å². The predicted molar refractivity (Wildman–Crippen MR) is 91.0 cm³/mol. The topological polar surface area (TPSA) is 54.0 Å². The minimum atomic E-state index is -4.78. The molecule has 9 heteroatoms. The molecule has 0 spiro atoms. The molecule has 2 rings (SSSR count). The lowest BCUT2D eigenvalue weighted by atomic mass is 9.99. The lowest BCUT2D eigenvalue weighted by Crippen LogP contribution is -2.42.